The SMILES string of the molecule is OCC1CCN(c2ccc3nnc(-c4ccsc4)n3n2)C1. The van der Waals surface area contributed by atoms with Gasteiger partial charge in [0.2, 0.25) is 0 Å². The fourth-order valence-corrected chi connectivity index (χ4v) is 3.34. The molecule has 0 bridgehead atoms. The summed E-state index contributed by atoms with van der Waals surface area (Å²) in [7, 11) is 0. The molecule has 1 aliphatic rings. The van der Waals surface area contributed by atoms with E-state index in [1.165, 1.54) is 0 Å². The average molecular weight is 301 g/mol. The van der Waals surface area contributed by atoms with E-state index >= 15 is 0 Å². The van der Waals surface area contributed by atoms with Crippen molar-refractivity contribution in [3.63, 3.8) is 0 Å². The van der Waals surface area contributed by atoms with Crippen LogP contribution in [0.2, 0.25) is 0 Å². The van der Waals surface area contributed by atoms with Crippen molar-refractivity contribution in [3.8, 4) is 11.4 Å². The van der Waals surface area contributed by atoms with E-state index in [-0.39, 0.29) is 6.61 Å². The number of anilines is 1. The summed E-state index contributed by atoms with van der Waals surface area (Å²) in [6.07, 6.45) is 1.01. The molecular formula is C14H15N5OS. The van der Waals surface area contributed by atoms with Gasteiger partial charge in [-0.15, -0.1) is 15.3 Å². The highest BCUT2D eigenvalue weighted by Crippen LogP contribution is 2.24. The molecule has 0 aliphatic carbocycles. The van der Waals surface area contributed by atoms with Gasteiger partial charge < -0.3 is 10.0 Å². The molecule has 6 nitrogen and oxygen atoms in total. The Hall–Kier alpha value is -1.99. The molecule has 4 rings (SSSR count). The van der Waals surface area contributed by atoms with E-state index < -0.39 is 0 Å². The average Bonchev–Trinajstić information content (AvgIpc) is 3.25. The summed E-state index contributed by atoms with van der Waals surface area (Å²) >= 11 is 1.63. The van der Waals surface area contributed by atoms with Gasteiger partial charge in [-0.1, -0.05) is 0 Å². The van der Waals surface area contributed by atoms with Gasteiger partial charge in [-0.3, -0.25) is 0 Å². The zero-order chi connectivity index (χ0) is 14.2. The summed E-state index contributed by atoms with van der Waals surface area (Å²) in [6.45, 7) is 2.02. The van der Waals surface area contributed by atoms with Crippen LogP contribution in [0.4, 0.5) is 5.82 Å². The molecule has 0 radical (unpaired) electrons. The summed E-state index contributed by atoms with van der Waals surface area (Å²) in [5.74, 6) is 2.03. The fraction of sp³-hybridized carbons (Fsp3) is 0.357. The summed E-state index contributed by atoms with van der Waals surface area (Å²) < 4.78 is 1.80. The third-order valence-electron chi connectivity index (χ3n) is 3.90. The van der Waals surface area contributed by atoms with E-state index in [1.807, 2.05) is 29.0 Å². The minimum atomic E-state index is 0.242. The van der Waals surface area contributed by atoms with Gasteiger partial charge in [0.1, 0.15) is 5.82 Å². The van der Waals surface area contributed by atoms with Crippen molar-refractivity contribution >= 4 is 22.8 Å². The van der Waals surface area contributed by atoms with E-state index in [9.17, 15) is 5.11 Å². The highest BCUT2D eigenvalue weighted by molar-refractivity contribution is 7.08. The molecule has 1 atom stereocenters. The standard InChI is InChI=1S/C14H15N5OS/c20-8-10-3-5-18(7-10)13-2-1-12-15-16-14(19(12)17-13)11-4-6-21-9-11/h1-2,4,6,9-10,20H,3,5,7-8H2. The van der Waals surface area contributed by atoms with E-state index in [4.69, 9.17) is 0 Å². The second-order valence-electron chi connectivity index (χ2n) is 5.28. The van der Waals surface area contributed by atoms with Gasteiger partial charge in [-0.25, -0.2) is 0 Å². The molecule has 21 heavy (non-hydrogen) atoms. The van der Waals surface area contributed by atoms with Gasteiger partial charge >= 0.3 is 0 Å². The lowest BCUT2D eigenvalue weighted by molar-refractivity contribution is 0.238. The fourth-order valence-electron chi connectivity index (χ4n) is 2.71. The first kappa shape index (κ1) is 12.7. The minimum Gasteiger partial charge on any atom is -0.396 e. The first-order valence-corrected chi connectivity index (χ1v) is 7.90. The van der Waals surface area contributed by atoms with Gasteiger partial charge in [0, 0.05) is 36.6 Å². The number of fused-ring (bicyclic) bond motifs is 1. The highest BCUT2D eigenvalue weighted by Gasteiger charge is 2.23. The van der Waals surface area contributed by atoms with Crippen LogP contribution in [0, 0.1) is 5.92 Å². The zero-order valence-electron chi connectivity index (χ0n) is 11.4. The van der Waals surface area contributed by atoms with Crippen LogP contribution in [0.15, 0.2) is 29.0 Å². The normalized spacial score (nSPS) is 18.7. The van der Waals surface area contributed by atoms with Crippen LogP contribution >= 0.6 is 11.3 Å². The maximum absolute atomic E-state index is 9.27. The Morgan fingerprint density at radius 2 is 2.24 bits per heavy atom. The third-order valence-corrected chi connectivity index (χ3v) is 4.58. The highest BCUT2D eigenvalue weighted by atomic mass is 32.1. The van der Waals surface area contributed by atoms with Gasteiger partial charge in [0.05, 0.1) is 0 Å². The van der Waals surface area contributed by atoms with Crippen molar-refractivity contribution in [1.29, 1.82) is 0 Å². The summed E-state index contributed by atoms with van der Waals surface area (Å²) in [5.41, 5.74) is 1.78. The lowest BCUT2D eigenvalue weighted by Crippen LogP contribution is -2.22. The number of aliphatic hydroxyl groups excluding tert-OH is 1. The first-order valence-electron chi connectivity index (χ1n) is 6.96. The molecule has 3 aromatic rings. The first-order chi connectivity index (χ1) is 10.3. The van der Waals surface area contributed by atoms with Gasteiger partial charge in [-0.05, 0) is 30.0 Å². The Labute approximate surface area is 125 Å². The molecule has 1 aliphatic heterocycles. The number of rotatable bonds is 3. The van der Waals surface area contributed by atoms with Crippen molar-refractivity contribution in [2.75, 3.05) is 24.6 Å². The molecule has 1 N–H and O–H groups in total. The number of aromatic nitrogens is 4. The Bertz CT molecular complexity index is 754. The lowest BCUT2D eigenvalue weighted by atomic mass is 10.1. The monoisotopic (exact) mass is 301 g/mol. The van der Waals surface area contributed by atoms with Crippen LogP contribution in [0.25, 0.3) is 17.0 Å². The van der Waals surface area contributed by atoms with Crippen molar-refractivity contribution < 1.29 is 5.11 Å². The van der Waals surface area contributed by atoms with Crippen molar-refractivity contribution in [3.05, 3.63) is 29.0 Å². The number of aliphatic hydroxyl groups is 1. The molecular weight excluding hydrogens is 286 g/mol. The predicted octanol–water partition coefficient (Wildman–Crippen LogP) is 1.67. The predicted molar refractivity (Wildman–Crippen MR) is 81.5 cm³/mol. The molecule has 0 spiro atoms. The smallest absolute Gasteiger partial charge is 0.186 e. The summed E-state index contributed by atoms with van der Waals surface area (Å²) in [6, 6.07) is 5.94. The van der Waals surface area contributed by atoms with Crippen LogP contribution in [-0.2, 0) is 0 Å². The molecule has 4 heterocycles. The maximum atomic E-state index is 9.27. The number of hydrogen-bond acceptors (Lipinski definition) is 6. The van der Waals surface area contributed by atoms with E-state index in [0.29, 0.717) is 5.92 Å². The molecule has 108 valence electrons. The van der Waals surface area contributed by atoms with Crippen LogP contribution in [-0.4, -0.2) is 44.6 Å². The molecule has 0 amide bonds. The number of nitrogens with zero attached hydrogens (tertiary/aromatic N) is 5. The van der Waals surface area contributed by atoms with E-state index in [2.05, 4.69) is 20.2 Å². The van der Waals surface area contributed by atoms with Crippen LogP contribution in [0.3, 0.4) is 0 Å². The zero-order valence-corrected chi connectivity index (χ0v) is 12.2. The molecule has 7 heteroatoms. The van der Waals surface area contributed by atoms with Crippen molar-refractivity contribution in [1.82, 2.24) is 19.8 Å². The Kier molecular flexibility index (Phi) is 3.08. The Balaban J connectivity index is 1.74. The number of thiophene rings is 1. The molecule has 1 unspecified atom stereocenters. The molecule has 0 saturated carbocycles. The molecule has 0 aromatic carbocycles. The Morgan fingerprint density at radius 3 is 3.00 bits per heavy atom. The van der Waals surface area contributed by atoms with E-state index in [1.54, 1.807) is 15.9 Å². The van der Waals surface area contributed by atoms with Gasteiger partial charge in [0.25, 0.3) is 0 Å². The van der Waals surface area contributed by atoms with Crippen LogP contribution < -0.4 is 4.90 Å². The topological polar surface area (TPSA) is 66.5 Å². The molecule has 3 aromatic heterocycles. The Morgan fingerprint density at radius 1 is 1.29 bits per heavy atom. The van der Waals surface area contributed by atoms with Crippen LogP contribution in [0.5, 0.6) is 0 Å². The third kappa shape index (κ3) is 2.18. The van der Waals surface area contributed by atoms with Crippen LogP contribution in [0.1, 0.15) is 6.42 Å². The second-order valence-corrected chi connectivity index (χ2v) is 6.06. The maximum Gasteiger partial charge on any atom is 0.186 e. The second kappa shape index (κ2) is 5.09. The van der Waals surface area contributed by atoms with Crippen molar-refractivity contribution in [2.45, 2.75) is 6.42 Å². The summed E-state index contributed by atoms with van der Waals surface area (Å²) in [4.78, 5) is 2.21. The minimum absolute atomic E-state index is 0.242. The van der Waals surface area contributed by atoms with E-state index in [0.717, 1.165) is 42.4 Å². The lowest BCUT2D eigenvalue weighted by Gasteiger charge is -2.16. The van der Waals surface area contributed by atoms with Gasteiger partial charge in [0.15, 0.2) is 11.5 Å². The quantitative estimate of drug-likeness (QED) is 0.797. The molecule has 1 fully saturated rings. The van der Waals surface area contributed by atoms with Gasteiger partial charge in [-0.2, -0.15) is 15.9 Å². The van der Waals surface area contributed by atoms with Crippen molar-refractivity contribution in [2.24, 2.45) is 5.92 Å². The summed E-state index contributed by atoms with van der Waals surface area (Å²) in [5, 5.41) is 26.4. The molecule has 1 saturated heterocycles. The largest absolute Gasteiger partial charge is 0.396 e. The number of hydrogen-bond donors (Lipinski definition) is 1.